The second-order valence-electron chi connectivity index (χ2n) is 8.49. The summed E-state index contributed by atoms with van der Waals surface area (Å²) in [5, 5.41) is 3.06. The molecule has 2 fully saturated rings. The van der Waals surface area contributed by atoms with E-state index in [1.807, 2.05) is 29.2 Å². The maximum absolute atomic E-state index is 13.2. The number of nitrogens with one attached hydrogen (secondary N) is 1. The molecule has 0 bridgehead atoms. The lowest BCUT2D eigenvalue weighted by Crippen LogP contribution is -2.49. The molecular formula is C25H31FN4O2. The molecule has 2 aliphatic rings. The first-order valence-electron chi connectivity index (χ1n) is 11.5. The van der Waals surface area contributed by atoms with Gasteiger partial charge in [-0.05, 0) is 55.8 Å². The molecule has 2 aliphatic heterocycles. The molecule has 4 rings (SSSR count). The van der Waals surface area contributed by atoms with Crippen LogP contribution in [-0.2, 0) is 0 Å². The summed E-state index contributed by atoms with van der Waals surface area (Å²) >= 11 is 0. The molecule has 2 saturated heterocycles. The molecule has 0 unspecified atom stereocenters. The molecule has 2 aromatic carbocycles. The highest BCUT2D eigenvalue weighted by molar-refractivity contribution is 6.00. The van der Waals surface area contributed by atoms with Crippen LogP contribution in [0.25, 0.3) is 0 Å². The van der Waals surface area contributed by atoms with Crippen LogP contribution in [0, 0.1) is 5.82 Å². The zero-order valence-corrected chi connectivity index (χ0v) is 18.6. The molecule has 2 amide bonds. The number of hydrogen-bond acceptors (Lipinski definition) is 4. The molecule has 170 valence electrons. The van der Waals surface area contributed by atoms with Crippen molar-refractivity contribution < 1.29 is 14.0 Å². The number of rotatable bonds is 5. The highest BCUT2D eigenvalue weighted by Gasteiger charge is 2.27. The first-order chi connectivity index (χ1) is 15.5. The molecule has 0 atom stereocenters. The number of nitrogens with zero attached hydrogens (tertiary/aromatic N) is 3. The van der Waals surface area contributed by atoms with Gasteiger partial charge in [0.1, 0.15) is 5.82 Å². The monoisotopic (exact) mass is 438 g/mol. The van der Waals surface area contributed by atoms with Crippen molar-refractivity contribution in [1.82, 2.24) is 15.1 Å². The Morgan fingerprint density at radius 2 is 1.59 bits per heavy atom. The maximum Gasteiger partial charge on any atom is 0.256 e. The van der Waals surface area contributed by atoms with Crippen molar-refractivity contribution in [3.63, 3.8) is 0 Å². The van der Waals surface area contributed by atoms with Gasteiger partial charge < -0.3 is 20.0 Å². The first kappa shape index (κ1) is 22.3. The highest BCUT2D eigenvalue weighted by atomic mass is 19.1. The summed E-state index contributed by atoms with van der Waals surface area (Å²) in [5.41, 5.74) is 2.19. The average Bonchev–Trinajstić information content (AvgIpc) is 2.84. The number of likely N-dealkylation sites (N-methyl/N-ethyl adjacent to an activating group) is 1. The predicted molar refractivity (Wildman–Crippen MR) is 124 cm³/mol. The van der Waals surface area contributed by atoms with Gasteiger partial charge in [0, 0.05) is 56.6 Å². The number of amides is 2. The van der Waals surface area contributed by atoms with Gasteiger partial charge in [-0.3, -0.25) is 9.59 Å². The van der Waals surface area contributed by atoms with Crippen molar-refractivity contribution in [2.45, 2.75) is 25.8 Å². The largest absolute Gasteiger partial charge is 0.371 e. The Balaban J connectivity index is 1.36. The third-order valence-corrected chi connectivity index (χ3v) is 6.52. The molecule has 0 aliphatic carbocycles. The van der Waals surface area contributed by atoms with E-state index in [9.17, 15) is 14.0 Å². The van der Waals surface area contributed by atoms with Gasteiger partial charge in [-0.25, -0.2) is 4.39 Å². The van der Waals surface area contributed by atoms with Crippen LogP contribution in [0.3, 0.4) is 0 Å². The van der Waals surface area contributed by atoms with E-state index in [1.54, 1.807) is 0 Å². The molecule has 2 heterocycles. The van der Waals surface area contributed by atoms with E-state index in [4.69, 9.17) is 0 Å². The predicted octanol–water partition coefficient (Wildman–Crippen LogP) is 3.00. The summed E-state index contributed by atoms with van der Waals surface area (Å²) in [6.45, 7) is 8.07. The van der Waals surface area contributed by atoms with Gasteiger partial charge in [-0.1, -0.05) is 19.1 Å². The van der Waals surface area contributed by atoms with Gasteiger partial charge in [-0.2, -0.15) is 0 Å². The Labute approximate surface area is 189 Å². The maximum atomic E-state index is 13.2. The summed E-state index contributed by atoms with van der Waals surface area (Å²) < 4.78 is 13.1. The van der Waals surface area contributed by atoms with Crippen molar-refractivity contribution >= 4 is 17.5 Å². The zero-order chi connectivity index (χ0) is 22.5. The Hall–Kier alpha value is -2.93. The quantitative estimate of drug-likeness (QED) is 0.780. The zero-order valence-electron chi connectivity index (χ0n) is 18.6. The van der Waals surface area contributed by atoms with Crippen LogP contribution in [0.2, 0.25) is 0 Å². The minimum Gasteiger partial charge on any atom is -0.371 e. The van der Waals surface area contributed by atoms with Crippen LogP contribution in [0.15, 0.2) is 48.5 Å². The molecule has 0 aromatic heterocycles. The van der Waals surface area contributed by atoms with Crippen molar-refractivity contribution in [3.05, 3.63) is 65.5 Å². The van der Waals surface area contributed by atoms with Crippen LogP contribution < -0.4 is 10.2 Å². The second kappa shape index (κ2) is 10.1. The number of anilines is 1. The van der Waals surface area contributed by atoms with Crippen molar-refractivity contribution in [3.8, 4) is 0 Å². The molecule has 0 radical (unpaired) electrons. The number of benzene rings is 2. The molecule has 6 nitrogen and oxygen atoms in total. The lowest BCUT2D eigenvalue weighted by Gasteiger charge is -2.37. The lowest BCUT2D eigenvalue weighted by molar-refractivity contribution is 0.0644. The fraction of sp³-hybridized carbons (Fsp3) is 0.440. The number of halogens is 1. The van der Waals surface area contributed by atoms with Crippen molar-refractivity contribution in [2.75, 3.05) is 50.7 Å². The summed E-state index contributed by atoms with van der Waals surface area (Å²) in [5.74, 6) is -0.427. The number of piperidine rings is 1. The fourth-order valence-corrected chi connectivity index (χ4v) is 4.50. The average molecular weight is 439 g/mol. The number of carbonyl (C=O) groups excluding carboxylic acids is 2. The van der Waals surface area contributed by atoms with Crippen LogP contribution >= 0.6 is 0 Å². The Morgan fingerprint density at radius 1 is 0.938 bits per heavy atom. The summed E-state index contributed by atoms with van der Waals surface area (Å²) in [6.07, 6.45) is 1.59. The summed E-state index contributed by atoms with van der Waals surface area (Å²) in [6, 6.07) is 13.5. The summed E-state index contributed by atoms with van der Waals surface area (Å²) in [7, 11) is 0. The molecule has 0 saturated carbocycles. The number of para-hydroxylation sites is 1. The molecule has 32 heavy (non-hydrogen) atoms. The minimum absolute atomic E-state index is 0.0637. The Kier molecular flexibility index (Phi) is 7.05. The van der Waals surface area contributed by atoms with E-state index in [2.05, 4.69) is 22.0 Å². The van der Waals surface area contributed by atoms with E-state index in [0.717, 1.165) is 69.9 Å². The lowest BCUT2D eigenvalue weighted by atomic mass is 10.0. The number of carbonyl (C=O) groups is 2. The SMILES string of the molecule is CCN1CCN(C(=O)c2ccccc2N2CCC(NC(=O)c3ccc(F)cc3)CC2)CC1. The second-order valence-corrected chi connectivity index (χ2v) is 8.49. The van der Waals surface area contributed by atoms with Crippen LogP contribution in [0.1, 0.15) is 40.5 Å². The van der Waals surface area contributed by atoms with Crippen LogP contribution in [0.5, 0.6) is 0 Å². The van der Waals surface area contributed by atoms with Gasteiger partial charge in [0.2, 0.25) is 0 Å². The number of hydrogen-bond donors (Lipinski definition) is 1. The highest BCUT2D eigenvalue weighted by Crippen LogP contribution is 2.26. The standard InChI is InChI=1S/C25H31FN4O2/c1-2-28-15-17-30(18-16-28)25(32)22-5-3-4-6-23(22)29-13-11-21(12-14-29)27-24(31)19-7-9-20(26)10-8-19/h3-10,21H,2,11-18H2,1H3,(H,27,31). The van der Waals surface area contributed by atoms with E-state index < -0.39 is 0 Å². The van der Waals surface area contributed by atoms with Gasteiger partial charge in [0.05, 0.1) is 5.56 Å². The van der Waals surface area contributed by atoms with Gasteiger partial charge in [-0.15, -0.1) is 0 Å². The topological polar surface area (TPSA) is 55.9 Å². The Morgan fingerprint density at radius 3 is 2.25 bits per heavy atom. The van der Waals surface area contributed by atoms with Crippen molar-refractivity contribution in [2.24, 2.45) is 0 Å². The van der Waals surface area contributed by atoms with Crippen LogP contribution in [-0.4, -0.2) is 73.5 Å². The molecule has 7 heteroatoms. The van der Waals surface area contributed by atoms with E-state index in [1.165, 1.54) is 24.3 Å². The third kappa shape index (κ3) is 5.10. The van der Waals surface area contributed by atoms with Gasteiger partial charge >= 0.3 is 0 Å². The number of piperazine rings is 1. The third-order valence-electron chi connectivity index (χ3n) is 6.52. The van der Waals surface area contributed by atoms with E-state index in [-0.39, 0.29) is 23.7 Å². The molecule has 2 aromatic rings. The molecular weight excluding hydrogens is 407 g/mol. The first-order valence-corrected chi connectivity index (χ1v) is 11.5. The smallest absolute Gasteiger partial charge is 0.256 e. The van der Waals surface area contributed by atoms with E-state index in [0.29, 0.717) is 5.56 Å². The molecule has 1 N–H and O–H groups in total. The van der Waals surface area contributed by atoms with Crippen LogP contribution in [0.4, 0.5) is 10.1 Å². The fourth-order valence-electron chi connectivity index (χ4n) is 4.50. The Bertz CT molecular complexity index is 933. The minimum atomic E-state index is -0.352. The normalized spacial score (nSPS) is 17.9. The van der Waals surface area contributed by atoms with Gasteiger partial charge in [0.25, 0.3) is 11.8 Å². The van der Waals surface area contributed by atoms with Crippen molar-refractivity contribution in [1.29, 1.82) is 0 Å². The van der Waals surface area contributed by atoms with E-state index >= 15 is 0 Å². The summed E-state index contributed by atoms with van der Waals surface area (Å²) in [4.78, 5) is 32.3. The van der Waals surface area contributed by atoms with Gasteiger partial charge in [0.15, 0.2) is 0 Å². The molecule has 0 spiro atoms.